The van der Waals surface area contributed by atoms with E-state index in [2.05, 4.69) is 18.4 Å². The van der Waals surface area contributed by atoms with Crippen LogP contribution < -0.4 is 11.3 Å². The van der Waals surface area contributed by atoms with E-state index in [1.54, 1.807) is 21.6 Å². The first-order valence-corrected chi connectivity index (χ1v) is 4.92. The van der Waals surface area contributed by atoms with Gasteiger partial charge in [0.15, 0.2) is 0 Å². The van der Waals surface area contributed by atoms with Crippen LogP contribution in [-0.2, 0) is 0 Å². The van der Waals surface area contributed by atoms with Crippen molar-refractivity contribution >= 4 is 27.7 Å². The van der Waals surface area contributed by atoms with Crippen LogP contribution in [-0.4, -0.2) is 23.7 Å². The fraction of sp³-hybridized carbons (Fsp3) is 0.667. The molecule has 0 aliphatic heterocycles. The first-order valence-electron chi connectivity index (χ1n) is 1.95. The van der Waals surface area contributed by atoms with E-state index in [0.717, 1.165) is 0 Å². The van der Waals surface area contributed by atoms with Crippen LogP contribution in [0, 0.1) is 40.8 Å². The number of amides is 1. The van der Waals surface area contributed by atoms with Crippen molar-refractivity contribution in [1.29, 1.82) is 0 Å². The number of hydrogen-bond donors (Lipinski definition) is 3. The predicted octanol–water partition coefficient (Wildman–Crippen LogP) is 0.755. The van der Waals surface area contributed by atoms with Crippen LogP contribution in [0.3, 0.4) is 0 Å². The summed E-state index contributed by atoms with van der Waals surface area (Å²) in [6.45, 7) is 0. The summed E-state index contributed by atoms with van der Waals surface area (Å²) in [7, 11) is 3.55. The number of carbonyl (C=O) groups is 1. The maximum absolute atomic E-state index is 9.13. The zero-order valence-corrected chi connectivity index (χ0v) is 10.6. The molecule has 0 aromatic rings. The van der Waals surface area contributed by atoms with E-state index in [-0.39, 0.29) is 40.8 Å². The molecule has 0 fully saturated rings. The zero-order chi connectivity index (χ0) is 7.70. The molecule has 0 heterocycles. The maximum Gasteiger partial charge on any atom is 0.418 e. The molecule has 4 nitrogen and oxygen atoms in total. The third-order valence-corrected chi connectivity index (χ3v) is 1.62. The molecule has 0 radical (unpaired) electrons. The Hall–Kier alpha value is 1.28. The summed E-state index contributed by atoms with van der Waals surface area (Å²) in [4.78, 5) is 9.13. The van der Waals surface area contributed by atoms with E-state index in [1.165, 1.54) is 5.43 Å². The van der Waals surface area contributed by atoms with Gasteiger partial charge >= 0.3 is 6.09 Å². The van der Waals surface area contributed by atoms with E-state index in [0.29, 0.717) is 0 Å². The molecule has 0 spiro atoms. The summed E-state index contributed by atoms with van der Waals surface area (Å²) < 4.78 is 0. The van der Waals surface area contributed by atoms with Crippen molar-refractivity contribution in [2.75, 3.05) is 12.5 Å². The number of hydrazine groups is 1. The Morgan fingerprint density at radius 2 is 1.70 bits per heavy atom. The first kappa shape index (κ1) is 17.4. The molecule has 10 heavy (non-hydrogen) atoms. The van der Waals surface area contributed by atoms with Crippen molar-refractivity contribution in [3.8, 4) is 0 Å². The largest absolute Gasteiger partial charge is 0.464 e. The van der Waals surface area contributed by atoms with E-state index >= 15 is 0 Å². The van der Waals surface area contributed by atoms with Crippen LogP contribution in [0.25, 0.3) is 0 Å². The van der Waals surface area contributed by atoms with Gasteiger partial charge in [0.25, 0.3) is 0 Å². The van der Waals surface area contributed by atoms with Crippen molar-refractivity contribution in [3.05, 3.63) is 0 Å². The molecule has 0 unspecified atom stereocenters. The van der Waals surface area contributed by atoms with Gasteiger partial charge in [-0.15, -0.1) is 0 Å². The monoisotopic (exact) mass is 312 g/mol. The smallest absolute Gasteiger partial charge is 0.418 e. The van der Waals surface area contributed by atoms with Gasteiger partial charge in [-0.05, 0) is 12.5 Å². The maximum atomic E-state index is 9.13. The molecule has 0 saturated carbocycles. The van der Waals surface area contributed by atoms with Gasteiger partial charge in [-0.25, -0.2) is 10.6 Å². The average molecular weight is 314 g/mol. The van der Waals surface area contributed by atoms with Crippen molar-refractivity contribution in [1.82, 2.24) is 5.43 Å². The van der Waals surface area contributed by atoms with Crippen LogP contribution in [0.2, 0.25) is 0 Å². The van der Waals surface area contributed by atoms with E-state index in [1.807, 2.05) is 0 Å². The van der Waals surface area contributed by atoms with Gasteiger partial charge in [0.2, 0.25) is 0 Å². The molecule has 0 saturated heterocycles. The van der Waals surface area contributed by atoms with E-state index in [4.69, 9.17) is 9.90 Å². The minimum absolute atomic E-state index is 0. The molecule has 0 aromatic carbocycles. The number of hydrogen-bond acceptors (Lipinski definition) is 4. The van der Waals surface area contributed by atoms with E-state index in [9.17, 15) is 0 Å². The number of nitrogens with two attached hydrogens (primary N) is 1. The Kier molecular flexibility index (Phi) is 29.0. The normalized spacial score (nSPS) is 6.30. The molecule has 0 rings (SSSR count). The number of carboxylic acid groups (broad SMARTS) is 1. The fourth-order valence-corrected chi connectivity index (χ4v) is 0. The Balaban J connectivity index is -0.0000000910. The Bertz CT molecular complexity index is 73.5. The third-order valence-electron chi connectivity index (χ3n) is 0.290. The van der Waals surface area contributed by atoms with Crippen LogP contribution >= 0.6 is 21.6 Å². The average Bonchev–Trinajstić information content (AvgIpc) is 1.89. The SMILES string of the molecule is CSSC.NNC(=O)O.[Nd]. The first-order chi connectivity index (χ1) is 4.18. The van der Waals surface area contributed by atoms with Crippen molar-refractivity contribution in [2.45, 2.75) is 0 Å². The molecule has 4 N–H and O–H groups in total. The topological polar surface area (TPSA) is 75.3 Å². The molecule has 0 bridgehead atoms. The third kappa shape index (κ3) is 34.7. The van der Waals surface area contributed by atoms with Crippen LogP contribution in [0.15, 0.2) is 0 Å². The molecule has 1 amide bonds. The van der Waals surface area contributed by atoms with Crippen molar-refractivity contribution < 1.29 is 50.7 Å². The molecular weight excluding hydrogens is 304 g/mol. The van der Waals surface area contributed by atoms with Crippen molar-refractivity contribution in [3.63, 3.8) is 0 Å². The second kappa shape index (κ2) is 16.7. The van der Waals surface area contributed by atoms with E-state index < -0.39 is 6.09 Å². The summed E-state index contributed by atoms with van der Waals surface area (Å²) in [6, 6.07) is 0. The molecule has 60 valence electrons. The summed E-state index contributed by atoms with van der Waals surface area (Å²) in [6.07, 6.45) is 2.90. The predicted molar refractivity (Wildman–Crippen MR) is 42.4 cm³/mol. The summed E-state index contributed by atoms with van der Waals surface area (Å²) in [5, 5.41) is 7.49. The Labute approximate surface area is 101 Å². The van der Waals surface area contributed by atoms with Gasteiger partial charge in [-0.3, -0.25) is 5.43 Å². The summed E-state index contributed by atoms with van der Waals surface area (Å²) in [5.41, 5.74) is 1.44. The van der Waals surface area contributed by atoms with Gasteiger partial charge in [0.05, 0.1) is 0 Å². The standard InChI is InChI=1S/C2H6S2.CH4N2O2.Nd/c1-3-4-2;2-3-1(4)5;/h1-2H3;3H,2H2,(H,4,5);. The van der Waals surface area contributed by atoms with Gasteiger partial charge in [0, 0.05) is 40.8 Å². The summed E-state index contributed by atoms with van der Waals surface area (Å²) in [5.74, 6) is 4.32. The molecule has 0 aliphatic carbocycles. The van der Waals surface area contributed by atoms with Crippen molar-refractivity contribution in [2.24, 2.45) is 5.84 Å². The zero-order valence-electron chi connectivity index (χ0n) is 5.75. The number of nitrogens with one attached hydrogen (secondary N) is 1. The fourth-order valence-electron chi connectivity index (χ4n) is 0. The molecule has 0 aliphatic rings. The van der Waals surface area contributed by atoms with Gasteiger partial charge in [-0.2, -0.15) is 0 Å². The minimum atomic E-state index is -1.22. The van der Waals surface area contributed by atoms with Crippen LogP contribution in [0.4, 0.5) is 4.79 Å². The van der Waals surface area contributed by atoms with Crippen LogP contribution in [0.1, 0.15) is 0 Å². The quantitative estimate of drug-likeness (QED) is 0.288. The second-order valence-corrected chi connectivity index (χ2v) is 3.45. The van der Waals surface area contributed by atoms with Gasteiger partial charge in [-0.1, -0.05) is 21.6 Å². The minimum Gasteiger partial charge on any atom is -0.464 e. The van der Waals surface area contributed by atoms with Crippen LogP contribution in [0.5, 0.6) is 0 Å². The number of rotatable bonds is 1. The van der Waals surface area contributed by atoms with Gasteiger partial charge < -0.3 is 5.11 Å². The molecular formula is C3H10N2NdO2S2. The summed E-state index contributed by atoms with van der Waals surface area (Å²) >= 11 is 0. The second-order valence-electron chi connectivity index (χ2n) is 0.783. The molecule has 7 heteroatoms. The Morgan fingerprint density at radius 1 is 1.50 bits per heavy atom. The molecule has 0 atom stereocenters. The Morgan fingerprint density at radius 3 is 1.70 bits per heavy atom. The van der Waals surface area contributed by atoms with Gasteiger partial charge in [0.1, 0.15) is 0 Å². The molecule has 0 aromatic heterocycles.